The average Bonchev–Trinajstić information content (AvgIpc) is 3.26. The van der Waals surface area contributed by atoms with Gasteiger partial charge in [-0.05, 0) is 54.8 Å². The number of benzene rings is 3. The summed E-state index contributed by atoms with van der Waals surface area (Å²) in [5, 5.41) is 2.77. The summed E-state index contributed by atoms with van der Waals surface area (Å²) in [6.45, 7) is 2.27. The summed E-state index contributed by atoms with van der Waals surface area (Å²) < 4.78 is 39.1. The number of thioether (sulfide) groups is 1. The highest BCUT2D eigenvalue weighted by atomic mass is 32.2. The summed E-state index contributed by atoms with van der Waals surface area (Å²) in [7, 11) is 0. The van der Waals surface area contributed by atoms with Crippen molar-refractivity contribution in [1.29, 1.82) is 0 Å². The molecule has 0 saturated carbocycles. The van der Waals surface area contributed by atoms with E-state index in [9.17, 15) is 22.8 Å². The first-order valence-electron chi connectivity index (χ1n) is 10.8. The number of fused-ring (bicyclic) bond motifs is 1. The molecule has 1 unspecified atom stereocenters. The number of anilines is 1. The highest BCUT2D eigenvalue weighted by Crippen LogP contribution is 2.32. The second-order valence-electron chi connectivity index (χ2n) is 8.03. The zero-order valence-corrected chi connectivity index (χ0v) is 19.2. The van der Waals surface area contributed by atoms with E-state index < -0.39 is 23.7 Å². The molecule has 0 aliphatic carbocycles. The Morgan fingerprint density at radius 3 is 2.56 bits per heavy atom. The molecule has 4 rings (SSSR count). The fourth-order valence-corrected chi connectivity index (χ4v) is 4.86. The smallest absolute Gasteiger partial charge is 0.345 e. The number of carbonyl (C=O) groups is 2. The summed E-state index contributed by atoms with van der Waals surface area (Å²) in [5.74, 6) is -0.281. The molecule has 0 saturated heterocycles. The molecule has 34 heavy (non-hydrogen) atoms. The Morgan fingerprint density at radius 2 is 1.76 bits per heavy atom. The van der Waals surface area contributed by atoms with Gasteiger partial charge in [-0.15, -0.1) is 11.8 Å². The van der Waals surface area contributed by atoms with Gasteiger partial charge in [0.25, 0.3) is 5.91 Å². The maximum atomic E-state index is 13.0. The fourth-order valence-electron chi connectivity index (χ4n) is 3.94. The molecule has 8 heteroatoms. The predicted octanol–water partition coefficient (Wildman–Crippen LogP) is 5.88. The Morgan fingerprint density at radius 1 is 1.03 bits per heavy atom. The number of hydrogen-bond acceptors (Lipinski definition) is 3. The quantitative estimate of drug-likeness (QED) is 0.445. The Hall–Kier alpha value is -3.26. The Bertz CT molecular complexity index is 1210. The molecule has 1 heterocycles. The van der Waals surface area contributed by atoms with Gasteiger partial charge in [-0.3, -0.25) is 9.59 Å². The zero-order chi connectivity index (χ0) is 24.3. The van der Waals surface area contributed by atoms with E-state index in [4.69, 9.17) is 0 Å². The minimum atomic E-state index is -4.45. The molecule has 0 bridgehead atoms. The lowest BCUT2D eigenvalue weighted by Gasteiger charge is -2.19. The van der Waals surface area contributed by atoms with E-state index in [2.05, 4.69) is 5.32 Å². The average molecular weight is 485 g/mol. The van der Waals surface area contributed by atoms with Crippen LogP contribution in [0.3, 0.4) is 0 Å². The summed E-state index contributed by atoms with van der Waals surface area (Å²) in [4.78, 5) is 28.2. The van der Waals surface area contributed by atoms with Gasteiger partial charge >= 0.3 is 6.18 Å². The van der Waals surface area contributed by atoms with Gasteiger partial charge in [0, 0.05) is 17.1 Å². The lowest BCUT2D eigenvalue weighted by Crippen LogP contribution is -2.30. The summed E-state index contributed by atoms with van der Waals surface area (Å²) in [5.41, 5.74) is 2.04. The minimum absolute atomic E-state index is 0.0394. The zero-order valence-electron chi connectivity index (χ0n) is 18.4. The van der Waals surface area contributed by atoms with E-state index in [1.807, 2.05) is 24.3 Å². The molecular weight excluding hydrogens is 461 g/mol. The van der Waals surface area contributed by atoms with Crippen LogP contribution in [0.4, 0.5) is 18.9 Å². The van der Waals surface area contributed by atoms with Gasteiger partial charge in [0.2, 0.25) is 5.91 Å². The van der Waals surface area contributed by atoms with Gasteiger partial charge in [-0.25, -0.2) is 0 Å². The molecule has 0 radical (unpaired) electrons. The molecule has 4 nitrogen and oxygen atoms in total. The van der Waals surface area contributed by atoms with E-state index in [0.29, 0.717) is 22.6 Å². The first-order valence-corrected chi connectivity index (χ1v) is 11.8. The van der Waals surface area contributed by atoms with Crippen molar-refractivity contribution in [2.75, 3.05) is 17.2 Å². The van der Waals surface area contributed by atoms with Crippen molar-refractivity contribution in [3.05, 3.63) is 95.1 Å². The van der Waals surface area contributed by atoms with E-state index in [-0.39, 0.29) is 11.7 Å². The van der Waals surface area contributed by atoms with E-state index in [1.165, 1.54) is 17.8 Å². The molecule has 1 aliphatic heterocycles. The van der Waals surface area contributed by atoms with Gasteiger partial charge in [-0.1, -0.05) is 42.5 Å². The molecule has 0 spiro atoms. The number of halogens is 3. The minimum Gasteiger partial charge on any atom is -0.345 e. The summed E-state index contributed by atoms with van der Waals surface area (Å²) in [6.07, 6.45) is -3.63. The van der Waals surface area contributed by atoms with E-state index in [0.717, 1.165) is 29.8 Å². The van der Waals surface area contributed by atoms with Gasteiger partial charge in [0.1, 0.15) is 0 Å². The maximum absolute atomic E-state index is 13.0. The molecule has 0 fully saturated rings. The van der Waals surface area contributed by atoms with Crippen molar-refractivity contribution in [1.82, 2.24) is 5.32 Å². The molecule has 2 amide bonds. The third-order valence-corrected chi connectivity index (χ3v) is 6.79. The first kappa shape index (κ1) is 23.9. The molecule has 1 N–H and O–H groups in total. The molecule has 1 aliphatic rings. The van der Waals surface area contributed by atoms with Crippen LogP contribution in [0, 0.1) is 0 Å². The number of nitrogens with one attached hydrogen (secondary N) is 1. The molecule has 1 atom stereocenters. The van der Waals surface area contributed by atoms with Crippen LogP contribution in [0.1, 0.15) is 40.0 Å². The Labute approximate surface area is 200 Å². The normalized spacial score (nSPS) is 13.9. The van der Waals surface area contributed by atoms with Crippen LogP contribution in [0.5, 0.6) is 0 Å². The number of nitrogens with zero attached hydrogens (tertiary/aromatic N) is 1. The van der Waals surface area contributed by atoms with Crippen molar-refractivity contribution in [2.24, 2.45) is 0 Å². The van der Waals surface area contributed by atoms with Crippen molar-refractivity contribution in [3.8, 4) is 0 Å². The fraction of sp³-hybridized carbons (Fsp3) is 0.231. The lowest BCUT2D eigenvalue weighted by atomic mass is 10.0. The highest BCUT2D eigenvalue weighted by Gasteiger charge is 2.31. The number of amides is 2. The highest BCUT2D eigenvalue weighted by molar-refractivity contribution is 8.00. The van der Waals surface area contributed by atoms with E-state index in [1.54, 1.807) is 42.2 Å². The standard InChI is InChI=1S/C26H23F3N2O2S/c1-17(19-8-6-9-20(15-19)26(27,28)29)30-25(33)21-10-3-5-12-23(21)34-16-24(32)31-14-13-18-7-2-4-11-22(18)31/h2-12,15,17H,13-14,16H2,1H3,(H,30,33). The van der Waals surface area contributed by atoms with Crippen LogP contribution in [-0.2, 0) is 17.4 Å². The Kier molecular flexibility index (Phi) is 6.97. The van der Waals surface area contributed by atoms with Gasteiger partial charge in [0.05, 0.1) is 22.9 Å². The second kappa shape index (κ2) is 9.93. The van der Waals surface area contributed by atoms with Crippen molar-refractivity contribution in [3.63, 3.8) is 0 Å². The third kappa shape index (κ3) is 5.28. The predicted molar refractivity (Wildman–Crippen MR) is 127 cm³/mol. The first-order chi connectivity index (χ1) is 16.2. The summed E-state index contributed by atoms with van der Waals surface area (Å²) >= 11 is 1.27. The number of rotatable bonds is 6. The van der Waals surface area contributed by atoms with Crippen LogP contribution in [-0.4, -0.2) is 24.1 Å². The van der Waals surface area contributed by atoms with E-state index >= 15 is 0 Å². The van der Waals surface area contributed by atoms with Gasteiger partial charge < -0.3 is 10.2 Å². The SMILES string of the molecule is CC(NC(=O)c1ccccc1SCC(=O)N1CCc2ccccc21)c1cccc(C(F)(F)F)c1. The van der Waals surface area contributed by atoms with Crippen molar-refractivity contribution in [2.45, 2.75) is 30.5 Å². The Balaban J connectivity index is 1.43. The van der Waals surface area contributed by atoms with Crippen LogP contribution in [0.25, 0.3) is 0 Å². The lowest BCUT2D eigenvalue weighted by molar-refractivity contribution is -0.137. The molecule has 3 aromatic carbocycles. The summed E-state index contributed by atoms with van der Waals surface area (Å²) in [6, 6.07) is 19.0. The third-order valence-electron chi connectivity index (χ3n) is 5.73. The topological polar surface area (TPSA) is 49.4 Å². The van der Waals surface area contributed by atoms with Crippen LogP contribution in [0.15, 0.2) is 77.7 Å². The maximum Gasteiger partial charge on any atom is 0.416 e. The number of hydrogen-bond donors (Lipinski definition) is 1. The number of carbonyl (C=O) groups excluding carboxylic acids is 2. The van der Waals surface area contributed by atoms with Crippen LogP contribution in [0.2, 0.25) is 0 Å². The number of alkyl halides is 3. The molecule has 3 aromatic rings. The monoisotopic (exact) mass is 484 g/mol. The number of para-hydroxylation sites is 1. The van der Waals surface area contributed by atoms with Crippen LogP contribution >= 0.6 is 11.8 Å². The second-order valence-corrected chi connectivity index (χ2v) is 9.04. The van der Waals surface area contributed by atoms with Crippen molar-refractivity contribution >= 4 is 29.3 Å². The molecule has 176 valence electrons. The van der Waals surface area contributed by atoms with Gasteiger partial charge in [-0.2, -0.15) is 13.2 Å². The molecular formula is C26H23F3N2O2S. The molecule has 0 aromatic heterocycles. The van der Waals surface area contributed by atoms with Crippen LogP contribution < -0.4 is 10.2 Å². The van der Waals surface area contributed by atoms with Gasteiger partial charge in [0.15, 0.2) is 0 Å². The largest absolute Gasteiger partial charge is 0.416 e. The van der Waals surface area contributed by atoms with Crippen molar-refractivity contribution < 1.29 is 22.8 Å².